The molecule has 7 heteroatoms. The van der Waals surface area contributed by atoms with E-state index in [9.17, 15) is 4.79 Å². The van der Waals surface area contributed by atoms with E-state index in [1.54, 1.807) is 13.0 Å². The zero-order valence-corrected chi connectivity index (χ0v) is 14.3. The number of carbonyl (C=O) groups is 1. The van der Waals surface area contributed by atoms with E-state index in [-0.39, 0.29) is 6.42 Å². The molecule has 0 aliphatic carbocycles. The molecule has 4 nitrogen and oxygen atoms in total. The summed E-state index contributed by atoms with van der Waals surface area (Å²) in [5.41, 5.74) is 1.69. The number of fused-ring (bicyclic) bond motifs is 1. The van der Waals surface area contributed by atoms with Crippen molar-refractivity contribution in [1.29, 1.82) is 0 Å². The molecule has 3 rings (SSSR count). The lowest BCUT2D eigenvalue weighted by atomic mass is 10.1. The molecule has 0 spiro atoms. The SMILES string of the molecule is Cc1cc2c(CC(=O)C(Cl)(Cl)Cl)nc(-c3ccccc3)nc2o1. The van der Waals surface area contributed by atoms with Crippen LogP contribution in [0.15, 0.2) is 40.8 Å². The van der Waals surface area contributed by atoms with Crippen molar-refractivity contribution in [2.24, 2.45) is 0 Å². The summed E-state index contributed by atoms with van der Waals surface area (Å²) in [7, 11) is 0. The van der Waals surface area contributed by atoms with Crippen molar-refractivity contribution in [3.8, 4) is 11.4 Å². The first-order chi connectivity index (χ1) is 10.8. The molecule has 0 saturated carbocycles. The Labute approximate surface area is 147 Å². The van der Waals surface area contributed by atoms with Gasteiger partial charge in [0.25, 0.3) is 0 Å². The summed E-state index contributed by atoms with van der Waals surface area (Å²) in [6.07, 6.45) is -0.117. The molecule has 0 saturated heterocycles. The Balaban J connectivity index is 2.13. The van der Waals surface area contributed by atoms with Crippen LogP contribution in [0.1, 0.15) is 11.5 Å². The van der Waals surface area contributed by atoms with Crippen LogP contribution in [0.2, 0.25) is 0 Å². The fourth-order valence-corrected chi connectivity index (χ4v) is 2.40. The third-order valence-corrected chi connectivity index (χ3v) is 3.90. The molecule has 0 radical (unpaired) electrons. The van der Waals surface area contributed by atoms with Crippen molar-refractivity contribution in [3.05, 3.63) is 47.9 Å². The summed E-state index contributed by atoms with van der Waals surface area (Å²) >= 11 is 17.0. The predicted octanol–water partition coefficient (Wildman–Crippen LogP) is 4.68. The van der Waals surface area contributed by atoms with Gasteiger partial charge in [0.1, 0.15) is 5.76 Å². The topological polar surface area (TPSA) is 56.0 Å². The Morgan fingerprint density at radius 2 is 1.87 bits per heavy atom. The number of halogens is 3. The third kappa shape index (κ3) is 3.50. The van der Waals surface area contributed by atoms with Crippen molar-refractivity contribution >= 4 is 51.7 Å². The summed E-state index contributed by atoms with van der Waals surface area (Å²) in [5, 5.41) is 0.643. The van der Waals surface area contributed by atoms with Crippen LogP contribution >= 0.6 is 34.8 Å². The second-order valence-electron chi connectivity index (χ2n) is 5.03. The van der Waals surface area contributed by atoms with Crippen LogP contribution in [0.25, 0.3) is 22.5 Å². The maximum Gasteiger partial charge on any atom is 0.249 e. The highest BCUT2D eigenvalue weighted by Gasteiger charge is 2.31. The molecule has 0 fully saturated rings. The summed E-state index contributed by atoms with van der Waals surface area (Å²) in [4.78, 5) is 20.9. The average Bonchev–Trinajstić information content (AvgIpc) is 2.87. The first-order valence-electron chi connectivity index (χ1n) is 6.77. The zero-order chi connectivity index (χ0) is 16.6. The fraction of sp³-hybridized carbons (Fsp3) is 0.188. The summed E-state index contributed by atoms with van der Waals surface area (Å²) < 4.78 is 3.59. The molecule has 0 bridgehead atoms. The van der Waals surface area contributed by atoms with E-state index in [0.29, 0.717) is 28.4 Å². The number of hydrogen-bond donors (Lipinski definition) is 0. The Hall–Kier alpha value is -1.62. The number of aryl methyl sites for hydroxylation is 1. The first-order valence-corrected chi connectivity index (χ1v) is 7.90. The van der Waals surface area contributed by atoms with Crippen LogP contribution in [0.4, 0.5) is 0 Å². The Bertz CT molecular complexity index is 870. The van der Waals surface area contributed by atoms with E-state index in [1.165, 1.54) is 0 Å². The molecule has 1 aromatic carbocycles. The van der Waals surface area contributed by atoms with Gasteiger partial charge in [0, 0.05) is 5.56 Å². The van der Waals surface area contributed by atoms with Crippen LogP contribution in [0.3, 0.4) is 0 Å². The van der Waals surface area contributed by atoms with E-state index in [4.69, 9.17) is 39.2 Å². The van der Waals surface area contributed by atoms with Gasteiger partial charge in [-0.25, -0.2) is 4.98 Å². The minimum atomic E-state index is -1.98. The van der Waals surface area contributed by atoms with Crippen LogP contribution < -0.4 is 0 Å². The van der Waals surface area contributed by atoms with Crippen molar-refractivity contribution in [3.63, 3.8) is 0 Å². The number of ketones is 1. The highest BCUT2D eigenvalue weighted by Crippen LogP contribution is 2.30. The number of Topliss-reactive ketones (excluding diaryl/α,β-unsaturated/α-hetero) is 1. The van der Waals surface area contributed by atoms with Crippen molar-refractivity contribution in [2.75, 3.05) is 0 Å². The summed E-state index contributed by atoms with van der Waals surface area (Å²) in [6.45, 7) is 1.80. The van der Waals surface area contributed by atoms with Crippen LogP contribution in [-0.4, -0.2) is 19.5 Å². The number of furan rings is 1. The fourth-order valence-electron chi connectivity index (χ4n) is 2.20. The number of hydrogen-bond acceptors (Lipinski definition) is 4. The monoisotopic (exact) mass is 368 g/mol. The van der Waals surface area contributed by atoms with E-state index in [1.807, 2.05) is 30.3 Å². The van der Waals surface area contributed by atoms with Gasteiger partial charge in [0.2, 0.25) is 9.51 Å². The zero-order valence-electron chi connectivity index (χ0n) is 12.0. The number of rotatable bonds is 3. The maximum absolute atomic E-state index is 12.0. The van der Waals surface area contributed by atoms with E-state index >= 15 is 0 Å². The highest BCUT2D eigenvalue weighted by molar-refractivity contribution is 6.76. The van der Waals surface area contributed by atoms with Crippen molar-refractivity contribution in [2.45, 2.75) is 17.1 Å². The van der Waals surface area contributed by atoms with Gasteiger partial charge in [0.05, 0.1) is 17.5 Å². The first kappa shape index (κ1) is 16.2. The minimum absolute atomic E-state index is 0.117. The second-order valence-corrected chi connectivity index (χ2v) is 7.31. The lowest BCUT2D eigenvalue weighted by Gasteiger charge is -2.10. The standard InChI is InChI=1S/C16H11Cl3N2O2/c1-9-7-11-12(8-13(22)16(17,18)19)20-14(21-15(11)23-9)10-5-3-2-4-6-10/h2-7H,8H2,1H3. The number of nitrogens with zero attached hydrogens (tertiary/aromatic N) is 2. The molecule has 0 aliphatic heterocycles. The van der Waals surface area contributed by atoms with Crippen LogP contribution in [0, 0.1) is 6.92 Å². The molecule has 0 N–H and O–H groups in total. The number of aromatic nitrogens is 2. The molecule has 23 heavy (non-hydrogen) atoms. The van der Waals surface area contributed by atoms with E-state index < -0.39 is 9.58 Å². The van der Waals surface area contributed by atoms with E-state index in [0.717, 1.165) is 5.56 Å². The van der Waals surface area contributed by atoms with Crippen LogP contribution in [-0.2, 0) is 11.2 Å². The Morgan fingerprint density at radius 1 is 1.17 bits per heavy atom. The maximum atomic E-state index is 12.0. The third-order valence-electron chi connectivity index (χ3n) is 3.27. The lowest BCUT2D eigenvalue weighted by Crippen LogP contribution is -2.21. The van der Waals surface area contributed by atoms with Crippen molar-refractivity contribution < 1.29 is 9.21 Å². The quantitative estimate of drug-likeness (QED) is 0.629. The van der Waals surface area contributed by atoms with Gasteiger partial charge in [-0.1, -0.05) is 65.1 Å². The molecular weight excluding hydrogens is 359 g/mol. The van der Waals surface area contributed by atoms with E-state index in [2.05, 4.69) is 9.97 Å². The molecule has 0 aliphatic rings. The second kappa shape index (κ2) is 6.11. The predicted molar refractivity (Wildman–Crippen MR) is 91.0 cm³/mol. The Kier molecular flexibility index (Phi) is 4.32. The van der Waals surface area contributed by atoms with Gasteiger partial charge >= 0.3 is 0 Å². The Morgan fingerprint density at radius 3 is 2.52 bits per heavy atom. The number of alkyl halides is 3. The highest BCUT2D eigenvalue weighted by atomic mass is 35.6. The van der Waals surface area contributed by atoms with Gasteiger partial charge in [-0.2, -0.15) is 4.98 Å². The molecule has 118 valence electrons. The molecular formula is C16H11Cl3N2O2. The van der Waals surface area contributed by atoms with Gasteiger partial charge in [0.15, 0.2) is 11.6 Å². The smallest absolute Gasteiger partial charge is 0.249 e. The van der Waals surface area contributed by atoms with Crippen LogP contribution in [0.5, 0.6) is 0 Å². The van der Waals surface area contributed by atoms with Gasteiger partial charge < -0.3 is 4.42 Å². The number of carbonyl (C=O) groups excluding carboxylic acids is 1. The minimum Gasteiger partial charge on any atom is -0.443 e. The lowest BCUT2D eigenvalue weighted by molar-refractivity contribution is -0.117. The van der Waals surface area contributed by atoms with Gasteiger partial charge in [-0.05, 0) is 13.0 Å². The largest absolute Gasteiger partial charge is 0.443 e. The molecule has 2 heterocycles. The molecule has 0 unspecified atom stereocenters. The molecule has 0 amide bonds. The summed E-state index contributed by atoms with van der Waals surface area (Å²) in [6, 6.07) is 11.2. The average molecular weight is 370 g/mol. The van der Waals surface area contributed by atoms with Crippen molar-refractivity contribution in [1.82, 2.24) is 9.97 Å². The van der Waals surface area contributed by atoms with Gasteiger partial charge in [-0.15, -0.1) is 0 Å². The molecule has 0 atom stereocenters. The summed E-state index contributed by atoms with van der Waals surface area (Å²) in [5.74, 6) is 0.571. The normalized spacial score (nSPS) is 11.8. The number of benzene rings is 1. The molecule has 3 aromatic rings. The molecule has 2 aromatic heterocycles. The van der Waals surface area contributed by atoms with Gasteiger partial charge in [-0.3, -0.25) is 4.79 Å².